The Morgan fingerprint density at radius 2 is 2.22 bits per heavy atom. The van der Waals surface area contributed by atoms with E-state index >= 15 is 0 Å². The van der Waals surface area contributed by atoms with Crippen molar-refractivity contribution in [3.05, 3.63) is 29.3 Å². The molecule has 0 saturated heterocycles. The highest BCUT2D eigenvalue weighted by atomic mass is 16.3. The largest absolute Gasteiger partial charge is 0.398 e. The number of hydrogen-bond donors (Lipinski definition) is 3. The summed E-state index contributed by atoms with van der Waals surface area (Å²) >= 11 is 0. The topological polar surface area (TPSA) is 75.4 Å². The van der Waals surface area contributed by atoms with Crippen molar-refractivity contribution in [2.24, 2.45) is 5.92 Å². The second-order valence-electron chi connectivity index (χ2n) is 4.71. The highest BCUT2D eigenvalue weighted by Crippen LogP contribution is 2.15. The van der Waals surface area contributed by atoms with Gasteiger partial charge in [0, 0.05) is 24.4 Å². The molecule has 1 rings (SSSR count). The summed E-state index contributed by atoms with van der Waals surface area (Å²) in [6.07, 6.45) is 1.78. The number of carbonyl (C=O) groups excluding carboxylic acids is 1. The number of aliphatic hydroxyl groups excluding tert-OH is 1. The minimum absolute atomic E-state index is 0.0866. The smallest absolute Gasteiger partial charge is 0.251 e. The molecule has 0 aromatic heterocycles. The summed E-state index contributed by atoms with van der Waals surface area (Å²) in [6, 6.07) is 5.34. The summed E-state index contributed by atoms with van der Waals surface area (Å²) in [6.45, 7) is 4.65. The van der Waals surface area contributed by atoms with Gasteiger partial charge in [-0.3, -0.25) is 4.79 Å². The van der Waals surface area contributed by atoms with E-state index < -0.39 is 0 Å². The van der Waals surface area contributed by atoms with E-state index in [9.17, 15) is 4.79 Å². The summed E-state index contributed by atoms with van der Waals surface area (Å²) in [5.41, 5.74) is 7.85. The van der Waals surface area contributed by atoms with Crippen molar-refractivity contribution in [3.63, 3.8) is 0 Å². The molecule has 1 unspecified atom stereocenters. The van der Waals surface area contributed by atoms with Gasteiger partial charge in [0.1, 0.15) is 0 Å². The molecule has 1 aromatic carbocycles. The lowest BCUT2D eigenvalue weighted by molar-refractivity contribution is 0.0951. The van der Waals surface area contributed by atoms with Crippen LogP contribution in [0.15, 0.2) is 18.2 Å². The second kappa shape index (κ2) is 7.01. The van der Waals surface area contributed by atoms with Crippen LogP contribution in [0.2, 0.25) is 0 Å². The SMILES string of the molecule is Cc1c(N)cccc1C(=O)NCCCC(C)CO. The maximum atomic E-state index is 11.9. The van der Waals surface area contributed by atoms with Gasteiger partial charge in [-0.1, -0.05) is 13.0 Å². The van der Waals surface area contributed by atoms with Crippen LogP contribution >= 0.6 is 0 Å². The third-order valence-electron chi connectivity index (χ3n) is 3.09. The zero-order valence-electron chi connectivity index (χ0n) is 11.1. The molecule has 0 bridgehead atoms. The fraction of sp³-hybridized carbons (Fsp3) is 0.500. The fourth-order valence-electron chi connectivity index (χ4n) is 1.74. The van der Waals surface area contributed by atoms with Crippen LogP contribution in [-0.4, -0.2) is 24.2 Å². The maximum Gasteiger partial charge on any atom is 0.251 e. The zero-order valence-corrected chi connectivity index (χ0v) is 11.1. The number of nitrogens with two attached hydrogens (primary N) is 1. The molecule has 4 heteroatoms. The van der Waals surface area contributed by atoms with Crippen molar-refractivity contribution < 1.29 is 9.90 Å². The van der Waals surface area contributed by atoms with Gasteiger partial charge in [-0.05, 0) is 43.4 Å². The van der Waals surface area contributed by atoms with Crippen molar-refractivity contribution in [1.29, 1.82) is 0 Å². The molecule has 1 aromatic rings. The van der Waals surface area contributed by atoms with Crippen molar-refractivity contribution in [1.82, 2.24) is 5.32 Å². The van der Waals surface area contributed by atoms with E-state index in [0.29, 0.717) is 17.8 Å². The first-order chi connectivity index (χ1) is 8.56. The van der Waals surface area contributed by atoms with Crippen molar-refractivity contribution in [2.45, 2.75) is 26.7 Å². The Balaban J connectivity index is 2.44. The first kappa shape index (κ1) is 14.5. The van der Waals surface area contributed by atoms with Gasteiger partial charge in [0.15, 0.2) is 0 Å². The van der Waals surface area contributed by atoms with Crippen molar-refractivity contribution in [2.75, 3.05) is 18.9 Å². The summed E-state index contributed by atoms with van der Waals surface area (Å²) in [4.78, 5) is 11.9. The summed E-state index contributed by atoms with van der Waals surface area (Å²) in [5, 5.41) is 11.8. The molecule has 0 aliphatic heterocycles. The van der Waals surface area contributed by atoms with Gasteiger partial charge in [-0.15, -0.1) is 0 Å². The average molecular weight is 250 g/mol. The third-order valence-corrected chi connectivity index (χ3v) is 3.09. The summed E-state index contributed by atoms with van der Waals surface area (Å²) in [7, 11) is 0. The van der Waals surface area contributed by atoms with Crippen LogP contribution in [0.4, 0.5) is 5.69 Å². The van der Waals surface area contributed by atoms with E-state index in [4.69, 9.17) is 10.8 Å². The van der Waals surface area contributed by atoms with Crippen LogP contribution in [0, 0.1) is 12.8 Å². The van der Waals surface area contributed by atoms with Crippen LogP contribution in [0.25, 0.3) is 0 Å². The van der Waals surface area contributed by atoms with Crippen LogP contribution in [0.5, 0.6) is 0 Å². The van der Waals surface area contributed by atoms with E-state index in [2.05, 4.69) is 5.32 Å². The van der Waals surface area contributed by atoms with Crippen LogP contribution in [-0.2, 0) is 0 Å². The molecule has 4 nitrogen and oxygen atoms in total. The number of rotatable bonds is 6. The second-order valence-corrected chi connectivity index (χ2v) is 4.71. The van der Waals surface area contributed by atoms with Crippen LogP contribution in [0.1, 0.15) is 35.7 Å². The molecule has 0 aliphatic rings. The predicted molar refractivity (Wildman–Crippen MR) is 73.4 cm³/mol. The maximum absolute atomic E-state index is 11.9. The standard InChI is InChI=1S/C14H22N2O2/c1-10(9-17)5-4-8-16-14(18)12-6-3-7-13(15)11(12)2/h3,6-7,10,17H,4-5,8-9,15H2,1-2H3,(H,16,18). The Hall–Kier alpha value is -1.55. The lowest BCUT2D eigenvalue weighted by Gasteiger charge is -2.10. The van der Waals surface area contributed by atoms with Gasteiger partial charge < -0.3 is 16.2 Å². The lowest BCUT2D eigenvalue weighted by Crippen LogP contribution is -2.25. The first-order valence-corrected chi connectivity index (χ1v) is 6.30. The predicted octanol–water partition coefficient (Wildman–Crippen LogP) is 1.72. The molecule has 18 heavy (non-hydrogen) atoms. The van der Waals surface area contributed by atoms with Crippen LogP contribution < -0.4 is 11.1 Å². The number of anilines is 1. The van der Waals surface area contributed by atoms with Gasteiger partial charge in [-0.25, -0.2) is 0 Å². The first-order valence-electron chi connectivity index (χ1n) is 6.30. The normalized spacial score (nSPS) is 12.2. The number of benzene rings is 1. The molecule has 0 heterocycles. The summed E-state index contributed by atoms with van der Waals surface area (Å²) in [5.74, 6) is 0.201. The molecule has 0 aliphatic carbocycles. The average Bonchev–Trinajstić information content (AvgIpc) is 2.37. The molecule has 1 amide bonds. The third kappa shape index (κ3) is 4.04. The molecule has 0 saturated carbocycles. The molecule has 4 N–H and O–H groups in total. The minimum atomic E-state index is -0.0866. The quantitative estimate of drug-likeness (QED) is 0.531. The Bertz CT molecular complexity index is 405. The van der Waals surface area contributed by atoms with Crippen molar-refractivity contribution in [3.8, 4) is 0 Å². The van der Waals surface area contributed by atoms with E-state index in [0.717, 1.165) is 18.4 Å². The van der Waals surface area contributed by atoms with Gasteiger partial charge in [0.2, 0.25) is 0 Å². The molecule has 1 atom stereocenters. The van der Waals surface area contributed by atoms with Gasteiger partial charge >= 0.3 is 0 Å². The summed E-state index contributed by atoms with van der Waals surface area (Å²) < 4.78 is 0. The molecule has 100 valence electrons. The number of amides is 1. The Kier molecular flexibility index (Phi) is 5.65. The number of aliphatic hydroxyl groups is 1. The Morgan fingerprint density at radius 3 is 2.89 bits per heavy atom. The van der Waals surface area contributed by atoms with Gasteiger partial charge in [0.25, 0.3) is 5.91 Å². The molecular formula is C14H22N2O2. The monoisotopic (exact) mass is 250 g/mol. The number of nitrogens with one attached hydrogen (secondary N) is 1. The van der Waals surface area contributed by atoms with E-state index in [1.165, 1.54) is 0 Å². The van der Waals surface area contributed by atoms with E-state index in [1.807, 2.05) is 13.8 Å². The van der Waals surface area contributed by atoms with Gasteiger partial charge in [-0.2, -0.15) is 0 Å². The Morgan fingerprint density at radius 1 is 1.50 bits per heavy atom. The number of hydrogen-bond acceptors (Lipinski definition) is 3. The highest BCUT2D eigenvalue weighted by molar-refractivity contribution is 5.96. The fourth-order valence-corrected chi connectivity index (χ4v) is 1.74. The lowest BCUT2D eigenvalue weighted by atomic mass is 10.1. The number of carbonyl (C=O) groups is 1. The Labute approximate surface area is 108 Å². The minimum Gasteiger partial charge on any atom is -0.398 e. The van der Waals surface area contributed by atoms with Gasteiger partial charge in [0.05, 0.1) is 0 Å². The molecule has 0 radical (unpaired) electrons. The van der Waals surface area contributed by atoms with E-state index in [1.54, 1.807) is 18.2 Å². The van der Waals surface area contributed by atoms with E-state index in [-0.39, 0.29) is 18.4 Å². The zero-order chi connectivity index (χ0) is 13.5. The number of nitrogen functional groups attached to an aromatic ring is 1. The molecular weight excluding hydrogens is 228 g/mol. The van der Waals surface area contributed by atoms with Crippen molar-refractivity contribution >= 4 is 11.6 Å². The molecule has 0 fully saturated rings. The van der Waals surface area contributed by atoms with Crippen LogP contribution in [0.3, 0.4) is 0 Å². The highest BCUT2D eigenvalue weighted by Gasteiger charge is 2.09. The molecule has 0 spiro atoms.